The molecule has 5 aliphatic rings. The van der Waals surface area contributed by atoms with Crippen molar-refractivity contribution in [1.29, 1.82) is 5.26 Å². The number of nitrogens with one attached hydrogen (secondary N) is 4. The van der Waals surface area contributed by atoms with Crippen LogP contribution in [0.25, 0.3) is 10.9 Å². The Bertz CT molecular complexity index is 2660. The number of benzene rings is 3. The van der Waals surface area contributed by atoms with Gasteiger partial charge in [-0.25, -0.2) is 0 Å². The summed E-state index contributed by atoms with van der Waals surface area (Å²) in [4.78, 5) is 89.4. The molecule has 1 aromatic heterocycles. The molecule has 9 rings (SSSR count). The van der Waals surface area contributed by atoms with Crippen molar-refractivity contribution in [2.45, 2.75) is 96.1 Å². The number of aryl methyl sites for hydroxylation is 1. The maximum absolute atomic E-state index is 14.1. The number of unbranched alkanes of at least 4 members (excludes halogenated alkanes) is 3. The highest BCUT2D eigenvalue weighted by atomic mass is 16.2. The first kappa shape index (κ1) is 44.8. The maximum atomic E-state index is 14.1. The van der Waals surface area contributed by atoms with Crippen LogP contribution in [0.2, 0.25) is 0 Å². The van der Waals surface area contributed by atoms with E-state index in [1.165, 1.54) is 11.3 Å². The number of carbonyl (C=O) groups is 6. The molecule has 5 heterocycles. The van der Waals surface area contributed by atoms with Gasteiger partial charge in [0.2, 0.25) is 17.7 Å². The van der Waals surface area contributed by atoms with Crippen molar-refractivity contribution in [3.05, 3.63) is 93.2 Å². The molecule has 5 amide bonds. The molecular weight excluding hydrogens is 835 g/mol. The van der Waals surface area contributed by atoms with Crippen LogP contribution in [0.3, 0.4) is 0 Å². The molecule has 3 saturated heterocycles. The van der Waals surface area contributed by atoms with E-state index in [0.717, 1.165) is 122 Å². The zero-order chi connectivity index (χ0) is 46.3. The zero-order valence-electron chi connectivity index (χ0n) is 38.2. The first-order chi connectivity index (χ1) is 31.9. The number of nitrogens with zero attached hydrogens (tertiary/aromatic N) is 5. The van der Waals surface area contributed by atoms with Gasteiger partial charge in [0.05, 0.1) is 34.9 Å². The molecular formula is C51H59N9O6. The summed E-state index contributed by atoms with van der Waals surface area (Å²) in [5, 5.41) is 19.0. The number of hydrogen-bond acceptors (Lipinski definition) is 11. The second kappa shape index (κ2) is 18.5. The number of piperazine rings is 1. The van der Waals surface area contributed by atoms with Gasteiger partial charge in [-0.3, -0.25) is 48.8 Å². The van der Waals surface area contributed by atoms with E-state index in [-0.39, 0.29) is 35.7 Å². The molecule has 4 N–H and O–H groups in total. The SMILES string of the molecule is CCc1cc2c(cc1N1CCC(N3CCN(CC(=O)NCCCCCCNc4cccc5c4C(=O)N(C4CCC(=O)NC4=O)C5=O)CC3)CC1)C(C)(C)c1[nH]c3cc(C#N)ccc3c1C2=O. The summed E-state index contributed by atoms with van der Waals surface area (Å²) in [6.07, 6.45) is 6.73. The second-order valence-corrected chi connectivity index (χ2v) is 19.0. The Morgan fingerprint density at radius 2 is 1.61 bits per heavy atom. The monoisotopic (exact) mass is 893 g/mol. The van der Waals surface area contributed by atoms with Crippen LogP contribution in [-0.4, -0.2) is 126 Å². The quantitative estimate of drug-likeness (QED) is 0.0956. The second-order valence-electron chi connectivity index (χ2n) is 19.0. The lowest BCUT2D eigenvalue weighted by Crippen LogP contribution is -2.54. The molecule has 0 radical (unpaired) electrons. The summed E-state index contributed by atoms with van der Waals surface area (Å²) in [7, 11) is 0. The van der Waals surface area contributed by atoms with Gasteiger partial charge in [0, 0.05) is 104 Å². The standard InChI is InChI=1S/C51H59N9O6/c1-4-32-27-36-37(51(2,3)47-45(46(36)63)34-13-12-31(29-52)26-39(34)55-47)28-41(32)59-20-16-33(17-21-59)58-24-22-57(23-25-58)30-43(62)54-19-8-6-5-7-18-53-38-11-9-10-35-44(38)50(66)60(49(35)65)40-14-15-42(61)56-48(40)64/h9-13,26-28,33,40,53,55H,4-8,14-25,30H2,1-3H3,(H,54,62)(H,56,61,64). The number of imide groups is 2. The molecule has 0 spiro atoms. The van der Waals surface area contributed by atoms with Crippen molar-refractivity contribution in [1.82, 2.24) is 30.3 Å². The smallest absolute Gasteiger partial charge is 0.264 e. The number of aromatic nitrogens is 1. The predicted molar refractivity (Wildman–Crippen MR) is 251 cm³/mol. The van der Waals surface area contributed by atoms with Crippen molar-refractivity contribution < 1.29 is 28.8 Å². The van der Waals surface area contributed by atoms with Crippen LogP contribution in [0.5, 0.6) is 0 Å². The van der Waals surface area contributed by atoms with E-state index in [2.05, 4.69) is 74.6 Å². The van der Waals surface area contributed by atoms with Gasteiger partial charge in [-0.05, 0) is 86.1 Å². The van der Waals surface area contributed by atoms with Crippen molar-refractivity contribution in [3.63, 3.8) is 0 Å². The van der Waals surface area contributed by atoms with Crippen LogP contribution >= 0.6 is 0 Å². The fraction of sp³-hybridized carbons (Fsp3) is 0.471. The molecule has 3 aromatic carbocycles. The first-order valence-corrected chi connectivity index (χ1v) is 23.7. The average Bonchev–Trinajstić information content (AvgIpc) is 3.84. The lowest BCUT2D eigenvalue weighted by molar-refractivity contribution is -0.136. The highest BCUT2D eigenvalue weighted by Gasteiger charge is 2.46. The van der Waals surface area contributed by atoms with Gasteiger partial charge in [-0.15, -0.1) is 0 Å². The van der Waals surface area contributed by atoms with Gasteiger partial charge >= 0.3 is 0 Å². The lowest BCUT2D eigenvalue weighted by atomic mass is 9.70. The van der Waals surface area contributed by atoms with Gasteiger partial charge in [-0.1, -0.05) is 45.7 Å². The van der Waals surface area contributed by atoms with Gasteiger partial charge in [0.25, 0.3) is 11.8 Å². The Hall–Kier alpha value is -6.37. The average molecular weight is 894 g/mol. The summed E-state index contributed by atoms with van der Waals surface area (Å²) in [6, 6.07) is 16.7. The van der Waals surface area contributed by atoms with Gasteiger partial charge < -0.3 is 20.5 Å². The molecule has 4 aliphatic heterocycles. The number of piperidine rings is 2. The highest BCUT2D eigenvalue weighted by Crippen LogP contribution is 2.46. The molecule has 1 unspecified atom stereocenters. The van der Waals surface area contributed by atoms with Crippen LogP contribution in [0.4, 0.5) is 11.4 Å². The van der Waals surface area contributed by atoms with Crippen LogP contribution < -0.4 is 20.9 Å². The molecule has 1 atom stereocenters. The minimum absolute atomic E-state index is 0.0451. The summed E-state index contributed by atoms with van der Waals surface area (Å²) in [5.74, 6) is -1.98. The van der Waals surface area contributed by atoms with Gasteiger partial charge in [-0.2, -0.15) is 5.26 Å². The predicted octanol–water partition coefficient (Wildman–Crippen LogP) is 5.25. The molecule has 4 aromatic rings. The molecule has 0 saturated carbocycles. The number of rotatable bonds is 14. The van der Waals surface area contributed by atoms with Crippen LogP contribution in [-0.2, 0) is 26.2 Å². The van der Waals surface area contributed by atoms with E-state index in [4.69, 9.17) is 0 Å². The van der Waals surface area contributed by atoms with E-state index < -0.39 is 35.1 Å². The Labute approximate surface area is 385 Å². The number of nitriles is 1. The summed E-state index contributed by atoms with van der Waals surface area (Å²) >= 11 is 0. The molecule has 0 bridgehead atoms. The normalized spacial score (nSPS) is 20.0. The third-order valence-corrected chi connectivity index (χ3v) is 14.6. The molecule has 1 aliphatic carbocycles. The Morgan fingerprint density at radius 1 is 0.848 bits per heavy atom. The third kappa shape index (κ3) is 8.37. The van der Waals surface area contributed by atoms with Crippen LogP contribution in [0.1, 0.15) is 131 Å². The first-order valence-electron chi connectivity index (χ1n) is 23.7. The topological polar surface area (TPSA) is 191 Å². The fourth-order valence-electron chi connectivity index (χ4n) is 10.9. The Balaban J connectivity index is 0.684. The minimum Gasteiger partial charge on any atom is -0.384 e. The van der Waals surface area contributed by atoms with Gasteiger partial charge in [0.1, 0.15) is 6.04 Å². The molecule has 344 valence electrons. The van der Waals surface area contributed by atoms with Gasteiger partial charge in [0.15, 0.2) is 5.78 Å². The van der Waals surface area contributed by atoms with Crippen molar-refractivity contribution in [2.24, 2.45) is 0 Å². The molecule has 15 heteroatoms. The van der Waals surface area contributed by atoms with Crippen LogP contribution in [0.15, 0.2) is 48.5 Å². The maximum Gasteiger partial charge on any atom is 0.264 e. The summed E-state index contributed by atoms with van der Waals surface area (Å²) in [6.45, 7) is 13.7. The molecule has 15 nitrogen and oxygen atoms in total. The number of H-pyrrole nitrogens is 1. The van der Waals surface area contributed by atoms with Crippen molar-refractivity contribution >= 4 is 57.6 Å². The largest absolute Gasteiger partial charge is 0.384 e. The van der Waals surface area contributed by atoms with Crippen molar-refractivity contribution in [2.75, 3.05) is 69.1 Å². The summed E-state index contributed by atoms with van der Waals surface area (Å²) < 4.78 is 0. The van der Waals surface area contributed by atoms with E-state index in [1.54, 1.807) is 24.3 Å². The number of aromatic amines is 1. The van der Waals surface area contributed by atoms with E-state index in [9.17, 15) is 34.0 Å². The number of carbonyl (C=O) groups excluding carboxylic acids is 6. The third-order valence-electron chi connectivity index (χ3n) is 14.6. The van der Waals surface area contributed by atoms with E-state index >= 15 is 0 Å². The van der Waals surface area contributed by atoms with Crippen LogP contribution in [0, 0.1) is 11.3 Å². The van der Waals surface area contributed by atoms with Crippen molar-refractivity contribution in [3.8, 4) is 6.07 Å². The fourth-order valence-corrected chi connectivity index (χ4v) is 10.9. The van der Waals surface area contributed by atoms with E-state index in [0.29, 0.717) is 36.9 Å². The Morgan fingerprint density at radius 3 is 2.33 bits per heavy atom. The summed E-state index contributed by atoms with van der Waals surface area (Å²) in [5.41, 5.74) is 7.91. The Kier molecular flexibility index (Phi) is 12.6. The number of fused-ring (bicyclic) bond motifs is 5. The zero-order valence-corrected chi connectivity index (χ0v) is 38.2. The number of anilines is 2. The number of ketones is 1. The number of amides is 5. The molecule has 66 heavy (non-hydrogen) atoms. The lowest BCUT2D eigenvalue weighted by Gasteiger charge is -2.44. The van der Waals surface area contributed by atoms with E-state index in [1.807, 2.05) is 12.1 Å². The minimum atomic E-state index is -0.998. The highest BCUT2D eigenvalue weighted by molar-refractivity contribution is 6.25. The number of hydrogen-bond donors (Lipinski definition) is 4. The molecule has 3 fully saturated rings.